The summed E-state index contributed by atoms with van der Waals surface area (Å²) in [4.78, 5) is 39.8. The van der Waals surface area contributed by atoms with E-state index in [0.29, 0.717) is 17.1 Å². The second-order valence-electron chi connectivity index (χ2n) is 6.54. The molecular formula is C22H21FN2O4. The van der Waals surface area contributed by atoms with Crippen LogP contribution in [0.5, 0.6) is 0 Å². The van der Waals surface area contributed by atoms with E-state index in [4.69, 9.17) is 4.74 Å². The number of rotatable bonds is 5. The standard InChI is InChI=1S/C22H21FN2O4/c1-3-29-22(28)20-14(2)25(17-7-5-4-6-8-17)19(26)13-18(20)21(27)24-16-11-9-15(23)10-12-16/h4-12,18H,3,13H2,1-2H3,(H,24,27)/t18-/m1/s1. The fourth-order valence-electron chi connectivity index (χ4n) is 3.33. The summed E-state index contributed by atoms with van der Waals surface area (Å²) in [5.41, 5.74) is 1.46. The molecule has 0 aliphatic carbocycles. The number of para-hydroxylation sites is 1. The number of carbonyl (C=O) groups is 3. The van der Waals surface area contributed by atoms with Crippen LogP contribution in [0.1, 0.15) is 20.3 Å². The van der Waals surface area contributed by atoms with E-state index in [1.54, 1.807) is 38.1 Å². The van der Waals surface area contributed by atoms with E-state index < -0.39 is 23.6 Å². The fourth-order valence-corrected chi connectivity index (χ4v) is 3.33. The Kier molecular flexibility index (Phi) is 6.07. The third-order valence-electron chi connectivity index (χ3n) is 4.64. The number of benzene rings is 2. The number of esters is 1. The average molecular weight is 396 g/mol. The van der Waals surface area contributed by atoms with Crippen molar-refractivity contribution < 1.29 is 23.5 Å². The molecular weight excluding hydrogens is 375 g/mol. The molecule has 1 N–H and O–H groups in total. The normalized spacial score (nSPS) is 16.6. The monoisotopic (exact) mass is 396 g/mol. The minimum atomic E-state index is -1.01. The van der Waals surface area contributed by atoms with Crippen molar-refractivity contribution in [2.24, 2.45) is 5.92 Å². The highest BCUT2D eigenvalue weighted by Gasteiger charge is 2.40. The van der Waals surface area contributed by atoms with Gasteiger partial charge in [0.2, 0.25) is 11.8 Å². The topological polar surface area (TPSA) is 75.7 Å². The van der Waals surface area contributed by atoms with E-state index in [1.807, 2.05) is 6.07 Å². The summed E-state index contributed by atoms with van der Waals surface area (Å²) in [6, 6.07) is 14.1. The van der Waals surface area contributed by atoms with Gasteiger partial charge in [0.25, 0.3) is 0 Å². The van der Waals surface area contributed by atoms with Crippen LogP contribution in [0, 0.1) is 11.7 Å². The maximum atomic E-state index is 13.1. The zero-order valence-corrected chi connectivity index (χ0v) is 16.1. The first-order chi connectivity index (χ1) is 13.9. The molecule has 2 aromatic rings. The summed E-state index contributed by atoms with van der Waals surface area (Å²) in [5.74, 6) is -2.91. The molecule has 0 spiro atoms. The van der Waals surface area contributed by atoms with Crippen molar-refractivity contribution in [1.29, 1.82) is 0 Å². The van der Waals surface area contributed by atoms with E-state index in [-0.39, 0.29) is 24.5 Å². The number of carbonyl (C=O) groups excluding carboxylic acids is 3. The number of nitrogens with zero attached hydrogens (tertiary/aromatic N) is 1. The average Bonchev–Trinajstić information content (AvgIpc) is 2.70. The SMILES string of the molecule is CCOC(=O)C1=C(C)N(c2ccccc2)C(=O)C[C@H]1C(=O)Nc1ccc(F)cc1. The number of amides is 2. The lowest BCUT2D eigenvalue weighted by atomic mass is 9.88. The van der Waals surface area contributed by atoms with Crippen molar-refractivity contribution in [2.45, 2.75) is 20.3 Å². The molecule has 1 aliphatic heterocycles. The Morgan fingerprint density at radius 3 is 2.41 bits per heavy atom. The highest BCUT2D eigenvalue weighted by molar-refractivity contribution is 6.10. The first kappa shape index (κ1) is 20.3. The molecule has 0 radical (unpaired) electrons. The third kappa shape index (κ3) is 4.34. The van der Waals surface area contributed by atoms with Crippen molar-refractivity contribution in [2.75, 3.05) is 16.8 Å². The van der Waals surface area contributed by atoms with Gasteiger partial charge in [-0.1, -0.05) is 18.2 Å². The number of hydrogen-bond acceptors (Lipinski definition) is 4. The van der Waals surface area contributed by atoms with E-state index >= 15 is 0 Å². The van der Waals surface area contributed by atoms with Crippen LogP contribution in [-0.2, 0) is 19.1 Å². The quantitative estimate of drug-likeness (QED) is 0.783. The van der Waals surface area contributed by atoms with Crippen LogP contribution >= 0.6 is 0 Å². The van der Waals surface area contributed by atoms with Crippen molar-refractivity contribution >= 4 is 29.2 Å². The Hall–Kier alpha value is -3.48. The summed E-state index contributed by atoms with van der Waals surface area (Å²) < 4.78 is 18.3. The fraction of sp³-hybridized carbons (Fsp3) is 0.227. The van der Waals surface area contributed by atoms with Gasteiger partial charge in [-0.15, -0.1) is 0 Å². The van der Waals surface area contributed by atoms with Gasteiger partial charge in [-0.3, -0.25) is 14.5 Å². The maximum Gasteiger partial charge on any atom is 0.336 e. The second kappa shape index (κ2) is 8.68. The summed E-state index contributed by atoms with van der Waals surface area (Å²) in [7, 11) is 0. The van der Waals surface area contributed by atoms with Crippen molar-refractivity contribution in [1.82, 2.24) is 0 Å². The number of hydrogen-bond donors (Lipinski definition) is 1. The molecule has 2 amide bonds. The minimum Gasteiger partial charge on any atom is -0.463 e. The van der Waals surface area contributed by atoms with Crippen LogP contribution in [0.3, 0.4) is 0 Å². The molecule has 6 nitrogen and oxygen atoms in total. The van der Waals surface area contributed by atoms with Crippen LogP contribution < -0.4 is 10.2 Å². The molecule has 150 valence electrons. The Balaban J connectivity index is 1.98. The molecule has 0 aromatic heterocycles. The number of nitrogens with one attached hydrogen (secondary N) is 1. The molecule has 3 rings (SSSR count). The van der Waals surface area contributed by atoms with Crippen molar-refractivity contribution in [3.63, 3.8) is 0 Å². The Morgan fingerprint density at radius 2 is 1.79 bits per heavy atom. The van der Waals surface area contributed by atoms with Crippen LogP contribution in [0.4, 0.5) is 15.8 Å². The van der Waals surface area contributed by atoms with Crippen molar-refractivity contribution in [3.8, 4) is 0 Å². The summed E-state index contributed by atoms with van der Waals surface area (Å²) in [6.45, 7) is 3.43. The third-order valence-corrected chi connectivity index (χ3v) is 4.64. The smallest absolute Gasteiger partial charge is 0.336 e. The van der Waals surface area contributed by atoms with Crippen LogP contribution in [0.2, 0.25) is 0 Å². The predicted molar refractivity (Wildman–Crippen MR) is 106 cm³/mol. The Bertz CT molecular complexity index is 955. The Labute approximate surface area is 168 Å². The highest BCUT2D eigenvalue weighted by atomic mass is 19.1. The number of ether oxygens (including phenoxy) is 1. The van der Waals surface area contributed by atoms with Gasteiger partial charge in [0, 0.05) is 23.5 Å². The molecule has 0 unspecified atom stereocenters. The van der Waals surface area contributed by atoms with E-state index in [9.17, 15) is 18.8 Å². The number of anilines is 2. The number of allylic oxidation sites excluding steroid dienone is 1. The predicted octanol–water partition coefficient (Wildman–Crippen LogP) is 3.65. The molecule has 2 aromatic carbocycles. The van der Waals surface area contributed by atoms with Gasteiger partial charge in [0.1, 0.15) is 5.82 Å². The molecule has 0 fully saturated rings. The van der Waals surface area contributed by atoms with Gasteiger partial charge >= 0.3 is 5.97 Å². The zero-order valence-electron chi connectivity index (χ0n) is 16.1. The Morgan fingerprint density at radius 1 is 1.14 bits per heavy atom. The molecule has 1 atom stereocenters. The van der Waals surface area contributed by atoms with E-state index in [2.05, 4.69) is 5.32 Å². The molecule has 0 saturated carbocycles. The van der Waals surface area contributed by atoms with Crippen molar-refractivity contribution in [3.05, 3.63) is 71.7 Å². The summed E-state index contributed by atoms with van der Waals surface area (Å²) in [6.07, 6.45) is -0.187. The van der Waals surface area contributed by atoms with Crippen LogP contribution in [0.15, 0.2) is 65.9 Å². The van der Waals surface area contributed by atoms with E-state index in [0.717, 1.165) is 0 Å². The minimum absolute atomic E-state index is 0.134. The van der Waals surface area contributed by atoms with Gasteiger partial charge in [-0.25, -0.2) is 9.18 Å². The van der Waals surface area contributed by atoms with E-state index in [1.165, 1.54) is 29.2 Å². The molecule has 0 bridgehead atoms. The largest absolute Gasteiger partial charge is 0.463 e. The first-order valence-electron chi connectivity index (χ1n) is 9.24. The van der Waals surface area contributed by atoms with Gasteiger partial charge < -0.3 is 10.1 Å². The molecule has 7 heteroatoms. The highest BCUT2D eigenvalue weighted by Crippen LogP contribution is 2.34. The van der Waals surface area contributed by atoms with Gasteiger partial charge in [0.15, 0.2) is 0 Å². The number of halogens is 1. The molecule has 1 heterocycles. The van der Waals surface area contributed by atoms with Gasteiger partial charge in [-0.2, -0.15) is 0 Å². The lowest BCUT2D eigenvalue weighted by Gasteiger charge is -2.33. The van der Waals surface area contributed by atoms with Crippen LogP contribution in [-0.4, -0.2) is 24.4 Å². The second-order valence-corrected chi connectivity index (χ2v) is 6.54. The molecule has 1 aliphatic rings. The lowest BCUT2D eigenvalue weighted by Crippen LogP contribution is -2.43. The van der Waals surface area contributed by atoms with Gasteiger partial charge in [-0.05, 0) is 50.2 Å². The van der Waals surface area contributed by atoms with Gasteiger partial charge in [0.05, 0.1) is 18.1 Å². The summed E-state index contributed by atoms with van der Waals surface area (Å²) >= 11 is 0. The zero-order chi connectivity index (χ0) is 21.0. The maximum absolute atomic E-state index is 13.1. The molecule has 29 heavy (non-hydrogen) atoms. The molecule has 0 saturated heterocycles. The first-order valence-corrected chi connectivity index (χ1v) is 9.24. The lowest BCUT2D eigenvalue weighted by molar-refractivity contribution is -0.141. The van der Waals surface area contributed by atoms with Crippen LogP contribution in [0.25, 0.3) is 0 Å². The summed E-state index contributed by atoms with van der Waals surface area (Å²) in [5, 5.41) is 2.64.